The van der Waals surface area contributed by atoms with E-state index in [1.807, 2.05) is 45.0 Å². The number of ether oxygens (including phenoxy) is 1. The second-order valence-electron chi connectivity index (χ2n) is 4.39. The number of hydrogen-bond acceptors (Lipinski definition) is 5. The molecule has 0 aliphatic carbocycles. The normalized spacial score (nSPS) is 10.5. The van der Waals surface area contributed by atoms with Gasteiger partial charge in [-0.2, -0.15) is 10.1 Å². The highest BCUT2D eigenvalue weighted by Crippen LogP contribution is 2.20. The van der Waals surface area contributed by atoms with Crippen LogP contribution in [0.15, 0.2) is 24.3 Å². The Balaban J connectivity index is 2.15. The average molecular weight is 276 g/mol. The zero-order valence-corrected chi connectivity index (χ0v) is 11.9. The van der Waals surface area contributed by atoms with Crippen LogP contribution in [0, 0.1) is 11.7 Å². The molecule has 1 aromatic carbocycles. The summed E-state index contributed by atoms with van der Waals surface area (Å²) < 4.78 is 5.94. The van der Waals surface area contributed by atoms with E-state index >= 15 is 0 Å². The number of nitrogens with one attached hydrogen (secondary N) is 2. The maximum atomic E-state index is 5.58. The first-order valence-electron chi connectivity index (χ1n) is 6.01. The van der Waals surface area contributed by atoms with Crippen molar-refractivity contribution in [1.82, 2.24) is 15.2 Å². The largest absolute Gasteiger partial charge is 0.491 e. The summed E-state index contributed by atoms with van der Waals surface area (Å²) in [7, 11) is 0. The van der Waals surface area contributed by atoms with E-state index in [9.17, 15) is 0 Å². The predicted molar refractivity (Wildman–Crippen MR) is 77.4 cm³/mol. The third-order valence-corrected chi connectivity index (χ3v) is 2.55. The van der Waals surface area contributed by atoms with Gasteiger partial charge in [0.15, 0.2) is 5.82 Å². The minimum absolute atomic E-state index is 0.166. The molecule has 0 aliphatic heterocycles. The van der Waals surface area contributed by atoms with E-state index in [1.165, 1.54) is 0 Å². The molecule has 0 aliphatic rings. The lowest BCUT2D eigenvalue weighted by Gasteiger charge is -2.11. The SMILES string of the molecule is Cc1n[nH]c(=S)nc1Nc1ccc(OC(C)C)cc1. The number of anilines is 2. The van der Waals surface area contributed by atoms with Gasteiger partial charge in [-0.1, -0.05) is 0 Å². The number of rotatable bonds is 4. The molecule has 1 aromatic heterocycles. The standard InChI is InChI=1S/C13H16N4OS/c1-8(2)18-11-6-4-10(5-7-11)14-12-9(3)16-17-13(19)15-12/h4-8H,1-3H3,(H2,14,15,17,19). The van der Waals surface area contributed by atoms with Crippen LogP contribution in [0.25, 0.3) is 0 Å². The second-order valence-corrected chi connectivity index (χ2v) is 4.78. The van der Waals surface area contributed by atoms with Crippen LogP contribution in [0.5, 0.6) is 5.75 Å². The second kappa shape index (κ2) is 5.79. The summed E-state index contributed by atoms with van der Waals surface area (Å²) in [6, 6.07) is 7.68. The molecule has 0 amide bonds. The monoisotopic (exact) mass is 276 g/mol. The molecule has 0 atom stereocenters. The number of aromatic nitrogens is 3. The van der Waals surface area contributed by atoms with Crippen molar-refractivity contribution in [3.8, 4) is 5.75 Å². The van der Waals surface area contributed by atoms with Gasteiger partial charge in [-0.15, -0.1) is 0 Å². The minimum atomic E-state index is 0.166. The van der Waals surface area contributed by atoms with Gasteiger partial charge in [0.1, 0.15) is 11.4 Å². The summed E-state index contributed by atoms with van der Waals surface area (Å²) >= 11 is 4.95. The van der Waals surface area contributed by atoms with Crippen molar-refractivity contribution in [2.45, 2.75) is 26.9 Å². The molecule has 0 saturated carbocycles. The van der Waals surface area contributed by atoms with E-state index < -0.39 is 0 Å². The quantitative estimate of drug-likeness (QED) is 0.838. The van der Waals surface area contributed by atoms with Crippen molar-refractivity contribution >= 4 is 23.7 Å². The van der Waals surface area contributed by atoms with Crippen LogP contribution in [0.2, 0.25) is 0 Å². The summed E-state index contributed by atoms with van der Waals surface area (Å²) in [5.74, 6) is 1.50. The fourth-order valence-electron chi connectivity index (χ4n) is 1.54. The molecule has 0 radical (unpaired) electrons. The summed E-state index contributed by atoms with van der Waals surface area (Å²) in [5, 5.41) is 9.88. The number of aromatic amines is 1. The van der Waals surface area contributed by atoms with Crippen molar-refractivity contribution in [3.63, 3.8) is 0 Å². The molecular weight excluding hydrogens is 260 g/mol. The summed E-state index contributed by atoms with van der Waals surface area (Å²) in [6.45, 7) is 5.85. The van der Waals surface area contributed by atoms with Crippen LogP contribution in [0.1, 0.15) is 19.5 Å². The van der Waals surface area contributed by atoms with Gasteiger partial charge in [-0.3, -0.25) is 5.10 Å². The molecule has 0 unspecified atom stereocenters. The Morgan fingerprint density at radius 1 is 1.26 bits per heavy atom. The van der Waals surface area contributed by atoms with Gasteiger partial charge in [-0.25, -0.2) is 0 Å². The van der Waals surface area contributed by atoms with E-state index in [4.69, 9.17) is 17.0 Å². The summed E-state index contributed by atoms with van der Waals surface area (Å²) in [6.07, 6.45) is 0.166. The lowest BCUT2D eigenvalue weighted by Crippen LogP contribution is -2.05. The molecule has 5 nitrogen and oxygen atoms in total. The number of aryl methyl sites for hydroxylation is 1. The molecule has 0 fully saturated rings. The predicted octanol–water partition coefficient (Wildman–Crippen LogP) is 3.37. The Kier molecular flexibility index (Phi) is 4.11. The topological polar surface area (TPSA) is 62.8 Å². The zero-order chi connectivity index (χ0) is 13.8. The van der Waals surface area contributed by atoms with Crippen LogP contribution in [-0.4, -0.2) is 21.3 Å². The number of H-pyrrole nitrogens is 1. The van der Waals surface area contributed by atoms with E-state index in [1.54, 1.807) is 0 Å². The first-order chi connectivity index (χ1) is 9.04. The molecule has 0 saturated heterocycles. The lowest BCUT2D eigenvalue weighted by atomic mass is 10.3. The molecule has 1 heterocycles. The number of hydrogen-bond donors (Lipinski definition) is 2. The van der Waals surface area contributed by atoms with Gasteiger partial charge in [0.05, 0.1) is 6.10 Å². The van der Waals surface area contributed by atoms with Crippen molar-refractivity contribution in [2.75, 3.05) is 5.32 Å². The van der Waals surface area contributed by atoms with Crippen LogP contribution in [0.4, 0.5) is 11.5 Å². The van der Waals surface area contributed by atoms with Gasteiger partial charge in [0.25, 0.3) is 0 Å². The molecule has 100 valence electrons. The van der Waals surface area contributed by atoms with E-state index in [0.717, 1.165) is 17.1 Å². The van der Waals surface area contributed by atoms with Gasteiger partial charge >= 0.3 is 0 Å². The maximum absolute atomic E-state index is 5.58. The molecular formula is C13H16N4OS. The molecule has 2 N–H and O–H groups in total. The highest BCUT2D eigenvalue weighted by Gasteiger charge is 2.03. The fraction of sp³-hybridized carbons (Fsp3) is 0.308. The van der Waals surface area contributed by atoms with Gasteiger partial charge in [-0.05, 0) is 57.3 Å². The molecule has 6 heteroatoms. The van der Waals surface area contributed by atoms with Crippen molar-refractivity contribution in [1.29, 1.82) is 0 Å². The minimum Gasteiger partial charge on any atom is -0.491 e. The molecule has 0 spiro atoms. The van der Waals surface area contributed by atoms with Gasteiger partial charge in [0.2, 0.25) is 4.77 Å². The van der Waals surface area contributed by atoms with E-state index in [0.29, 0.717) is 10.6 Å². The van der Waals surface area contributed by atoms with Crippen LogP contribution in [0.3, 0.4) is 0 Å². The third kappa shape index (κ3) is 3.75. The van der Waals surface area contributed by atoms with Crippen molar-refractivity contribution < 1.29 is 4.74 Å². The van der Waals surface area contributed by atoms with Crippen molar-refractivity contribution in [2.24, 2.45) is 0 Å². The summed E-state index contributed by atoms with van der Waals surface area (Å²) in [5.41, 5.74) is 1.67. The van der Waals surface area contributed by atoms with E-state index in [2.05, 4.69) is 20.5 Å². The smallest absolute Gasteiger partial charge is 0.215 e. The molecule has 0 bridgehead atoms. The number of benzene rings is 1. The van der Waals surface area contributed by atoms with Crippen LogP contribution < -0.4 is 10.1 Å². The van der Waals surface area contributed by atoms with Gasteiger partial charge in [0, 0.05) is 5.69 Å². The average Bonchev–Trinajstić information content (AvgIpc) is 2.35. The summed E-state index contributed by atoms with van der Waals surface area (Å²) in [4.78, 5) is 4.19. The first kappa shape index (κ1) is 13.5. The van der Waals surface area contributed by atoms with E-state index in [-0.39, 0.29) is 6.10 Å². The molecule has 2 rings (SSSR count). The van der Waals surface area contributed by atoms with Crippen LogP contribution >= 0.6 is 12.2 Å². The zero-order valence-electron chi connectivity index (χ0n) is 11.1. The number of nitrogens with zero attached hydrogens (tertiary/aromatic N) is 2. The Labute approximate surface area is 117 Å². The Hall–Kier alpha value is -1.95. The highest BCUT2D eigenvalue weighted by molar-refractivity contribution is 7.71. The fourth-order valence-corrected chi connectivity index (χ4v) is 1.67. The lowest BCUT2D eigenvalue weighted by molar-refractivity contribution is 0.242. The Bertz CT molecular complexity index is 607. The highest BCUT2D eigenvalue weighted by atomic mass is 32.1. The van der Waals surface area contributed by atoms with Crippen LogP contribution in [-0.2, 0) is 0 Å². The van der Waals surface area contributed by atoms with Crippen molar-refractivity contribution in [3.05, 3.63) is 34.7 Å². The molecule has 19 heavy (non-hydrogen) atoms. The first-order valence-corrected chi connectivity index (χ1v) is 6.42. The Morgan fingerprint density at radius 3 is 2.58 bits per heavy atom. The van der Waals surface area contributed by atoms with Gasteiger partial charge < -0.3 is 10.1 Å². The Morgan fingerprint density at radius 2 is 1.95 bits per heavy atom. The molecule has 2 aromatic rings. The maximum Gasteiger partial charge on any atom is 0.215 e. The third-order valence-electron chi connectivity index (χ3n) is 2.36.